The van der Waals surface area contributed by atoms with E-state index in [0.29, 0.717) is 0 Å². The van der Waals surface area contributed by atoms with Gasteiger partial charge in [-0.15, -0.1) is 0 Å². The monoisotopic (exact) mass is 438 g/mol. The van der Waals surface area contributed by atoms with Crippen LogP contribution in [0.15, 0.2) is 53.4 Å². The van der Waals surface area contributed by atoms with Gasteiger partial charge in [-0.25, -0.2) is 16.8 Å². The van der Waals surface area contributed by atoms with E-state index in [1.165, 1.54) is 12.1 Å². The van der Waals surface area contributed by atoms with Crippen molar-refractivity contribution in [2.45, 2.75) is 31.3 Å². The first-order valence-corrected chi connectivity index (χ1v) is 12.7. The van der Waals surface area contributed by atoms with Gasteiger partial charge in [-0.2, -0.15) is 4.31 Å². The topological polar surface area (TPSA) is 101 Å². The molecule has 29 heavy (non-hydrogen) atoms. The van der Waals surface area contributed by atoms with Crippen molar-refractivity contribution in [3.8, 4) is 0 Å². The molecular weight excluding hydrogens is 412 g/mol. The summed E-state index contributed by atoms with van der Waals surface area (Å²) >= 11 is 0. The fraction of sp³-hybridized carbons (Fsp3) is 0.350. The van der Waals surface area contributed by atoms with E-state index in [0.717, 1.165) is 33.5 Å². The Morgan fingerprint density at radius 2 is 1.52 bits per heavy atom. The molecular formula is C20H26N2O5S2. The Balaban J connectivity index is 2.06. The minimum absolute atomic E-state index is 0.101. The van der Waals surface area contributed by atoms with E-state index >= 15 is 0 Å². The van der Waals surface area contributed by atoms with Gasteiger partial charge in [0.05, 0.1) is 23.7 Å². The number of benzene rings is 2. The molecule has 0 aromatic heterocycles. The lowest BCUT2D eigenvalue weighted by Crippen LogP contribution is -2.40. The molecule has 0 aliphatic heterocycles. The molecule has 1 atom stereocenters. The highest BCUT2D eigenvalue weighted by atomic mass is 32.2. The number of carbonyl (C=O) groups excluding carboxylic acids is 1. The Bertz CT molecular complexity index is 1060. The SMILES string of the molecule is Cc1ccc(CN(CC(=O)NC(C)c2ccc(S(C)(=O)=O)cc2)S(C)(=O)=O)cc1. The lowest BCUT2D eigenvalue weighted by molar-refractivity contribution is -0.122. The van der Waals surface area contributed by atoms with Gasteiger partial charge in [-0.3, -0.25) is 4.79 Å². The van der Waals surface area contributed by atoms with Crippen LogP contribution in [0.3, 0.4) is 0 Å². The van der Waals surface area contributed by atoms with Gasteiger partial charge < -0.3 is 5.32 Å². The molecule has 158 valence electrons. The maximum Gasteiger partial charge on any atom is 0.235 e. The largest absolute Gasteiger partial charge is 0.348 e. The van der Waals surface area contributed by atoms with Crippen LogP contribution in [0.2, 0.25) is 0 Å². The first-order chi connectivity index (χ1) is 13.4. The Kier molecular flexibility index (Phi) is 7.20. The van der Waals surface area contributed by atoms with Crippen LogP contribution < -0.4 is 5.32 Å². The number of sulfone groups is 1. The average molecular weight is 439 g/mol. The van der Waals surface area contributed by atoms with Gasteiger partial charge >= 0.3 is 0 Å². The van der Waals surface area contributed by atoms with Crippen LogP contribution in [0, 0.1) is 6.92 Å². The molecule has 0 saturated heterocycles. The maximum atomic E-state index is 12.4. The molecule has 0 saturated carbocycles. The molecule has 2 aromatic carbocycles. The molecule has 1 N–H and O–H groups in total. The van der Waals surface area contributed by atoms with Crippen molar-refractivity contribution in [3.63, 3.8) is 0 Å². The van der Waals surface area contributed by atoms with Crippen LogP contribution >= 0.6 is 0 Å². The third kappa shape index (κ3) is 6.95. The van der Waals surface area contributed by atoms with Gasteiger partial charge in [-0.1, -0.05) is 42.0 Å². The summed E-state index contributed by atoms with van der Waals surface area (Å²) in [6.45, 7) is 3.48. The molecule has 1 amide bonds. The van der Waals surface area contributed by atoms with Gasteiger partial charge in [0, 0.05) is 12.8 Å². The van der Waals surface area contributed by atoms with E-state index in [9.17, 15) is 21.6 Å². The molecule has 2 aromatic rings. The Hall–Kier alpha value is -2.23. The van der Waals surface area contributed by atoms with E-state index < -0.39 is 31.8 Å². The molecule has 7 nitrogen and oxygen atoms in total. The van der Waals surface area contributed by atoms with Crippen LogP contribution in [0.5, 0.6) is 0 Å². The average Bonchev–Trinajstić information content (AvgIpc) is 2.61. The Morgan fingerprint density at radius 3 is 2.00 bits per heavy atom. The molecule has 0 radical (unpaired) electrons. The van der Waals surface area contributed by atoms with E-state index in [1.54, 1.807) is 19.1 Å². The molecule has 0 aliphatic rings. The Morgan fingerprint density at radius 1 is 0.966 bits per heavy atom. The van der Waals surface area contributed by atoms with Crippen LogP contribution in [-0.4, -0.2) is 46.1 Å². The Labute approximate surface area is 172 Å². The first kappa shape index (κ1) is 23.1. The zero-order valence-corrected chi connectivity index (χ0v) is 18.5. The summed E-state index contributed by atoms with van der Waals surface area (Å²) in [6.07, 6.45) is 2.20. The van der Waals surface area contributed by atoms with Gasteiger partial charge in [0.15, 0.2) is 9.84 Å². The van der Waals surface area contributed by atoms with Crippen molar-refractivity contribution in [1.82, 2.24) is 9.62 Å². The summed E-state index contributed by atoms with van der Waals surface area (Å²) in [5.74, 6) is -0.442. The molecule has 0 heterocycles. The molecule has 0 aliphatic carbocycles. The summed E-state index contributed by atoms with van der Waals surface area (Å²) < 4.78 is 48.4. The number of rotatable bonds is 8. The van der Waals surface area contributed by atoms with E-state index in [1.807, 2.05) is 31.2 Å². The van der Waals surface area contributed by atoms with E-state index in [2.05, 4.69) is 5.32 Å². The van der Waals surface area contributed by atoms with Gasteiger partial charge in [0.1, 0.15) is 0 Å². The summed E-state index contributed by atoms with van der Waals surface area (Å²) in [4.78, 5) is 12.6. The number of carbonyl (C=O) groups is 1. The summed E-state index contributed by atoms with van der Waals surface area (Å²) in [7, 11) is -6.88. The van der Waals surface area contributed by atoms with Crippen LogP contribution in [-0.2, 0) is 31.2 Å². The molecule has 2 rings (SSSR count). The number of nitrogens with one attached hydrogen (secondary N) is 1. The smallest absolute Gasteiger partial charge is 0.235 e. The predicted molar refractivity (Wildman–Crippen MR) is 113 cm³/mol. The molecule has 9 heteroatoms. The van der Waals surface area contributed by atoms with E-state index in [-0.39, 0.29) is 18.0 Å². The predicted octanol–water partition coefficient (Wildman–Crippen LogP) is 2.04. The molecule has 1 unspecified atom stereocenters. The maximum absolute atomic E-state index is 12.4. The standard InChI is InChI=1S/C20H26N2O5S2/c1-15-5-7-17(8-6-15)13-22(29(4,26)27)14-20(23)21-16(2)18-9-11-19(12-10-18)28(3,24)25/h5-12,16H,13-14H2,1-4H3,(H,21,23). The van der Waals surface area contributed by atoms with E-state index in [4.69, 9.17) is 0 Å². The fourth-order valence-electron chi connectivity index (χ4n) is 2.72. The number of hydrogen-bond acceptors (Lipinski definition) is 5. The zero-order valence-electron chi connectivity index (χ0n) is 16.9. The highest BCUT2D eigenvalue weighted by Gasteiger charge is 2.22. The number of amides is 1. The van der Waals surface area contributed by atoms with Crippen molar-refractivity contribution in [2.24, 2.45) is 0 Å². The van der Waals surface area contributed by atoms with Crippen molar-refractivity contribution in [2.75, 3.05) is 19.1 Å². The zero-order chi connectivity index (χ0) is 21.8. The summed E-state index contributed by atoms with van der Waals surface area (Å²) in [6, 6.07) is 13.2. The number of aryl methyl sites for hydroxylation is 1. The summed E-state index contributed by atoms with van der Waals surface area (Å²) in [5.41, 5.74) is 2.57. The fourth-order valence-corrected chi connectivity index (χ4v) is 4.09. The van der Waals surface area contributed by atoms with Crippen LogP contribution in [0.4, 0.5) is 0 Å². The number of nitrogens with zero attached hydrogens (tertiary/aromatic N) is 1. The lowest BCUT2D eigenvalue weighted by Gasteiger charge is -2.21. The van der Waals surface area contributed by atoms with Gasteiger partial charge in [-0.05, 0) is 37.1 Å². The highest BCUT2D eigenvalue weighted by molar-refractivity contribution is 7.90. The molecule has 0 spiro atoms. The highest BCUT2D eigenvalue weighted by Crippen LogP contribution is 2.16. The van der Waals surface area contributed by atoms with Crippen LogP contribution in [0.25, 0.3) is 0 Å². The van der Waals surface area contributed by atoms with Gasteiger partial charge in [0.25, 0.3) is 0 Å². The molecule has 0 bridgehead atoms. The lowest BCUT2D eigenvalue weighted by atomic mass is 10.1. The minimum Gasteiger partial charge on any atom is -0.348 e. The summed E-state index contributed by atoms with van der Waals surface area (Å²) in [5, 5.41) is 2.76. The second-order valence-electron chi connectivity index (χ2n) is 7.15. The first-order valence-electron chi connectivity index (χ1n) is 8.96. The minimum atomic E-state index is -3.58. The third-order valence-corrected chi connectivity index (χ3v) is 6.78. The third-order valence-electron chi connectivity index (χ3n) is 4.45. The normalized spacial score (nSPS) is 13.3. The second kappa shape index (κ2) is 9.06. The quantitative estimate of drug-likeness (QED) is 0.680. The van der Waals surface area contributed by atoms with Crippen molar-refractivity contribution in [1.29, 1.82) is 0 Å². The second-order valence-corrected chi connectivity index (χ2v) is 11.1. The van der Waals surface area contributed by atoms with Crippen molar-refractivity contribution in [3.05, 3.63) is 65.2 Å². The van der Waals surface area contributed by atoms with Crippen molar-refractivity contribution < 1.29 is 21.6 Å². The number of sulfonamides is 1. The van der Waals surface area contributed by atoms with Crippen LogP contribution in [0.1, 0.15) is 29.7 Å². The van der Waals surface area contributed by atoms with Gasteiger partial charge in [0.2, 0.25) is 15.9 Å². The van der Waals surface area contributed by atoms with Crippen molar-refractivity contribution >= 4 is 25.8 Å². The molecule has 0 fully saturated rings. The number of hydrogen-bond donors (Lipinski definition) is 1.